The zero-order valence-electron chi connectivity index (χ0n) is 17.7. The molecule has 1 aromatic heterocycles. The number of hydrogen-bond donors (Lipinski definition) is 3. The molecule has 3 N–H and O–H groups in total. The van der Waals surface area contributed by atoms with E-state index in [1.54, 1.807) is 17.2 Å². The third-order valence-corrected chi connectivity index (χ3v) is 7.20. The number of carbonyl (C=O) groups excluding carboxylic acids is 2. The van der Waals surface area contributed by atoms with Crippen LogP contribution >= 0.6 is 0 Å². The summed E-state index contributed by atoms with van der Waals surface area (Å²) in [5, 5.41) is 6.29. The summed E-state index contributed by atoms with van der Waals surface area (Å²) in [5.74, 6) is -0.684. The van der Waals surface area contributed by atoms with E-state index in [0.717, 1.165) is 11.3 Å². The maximum absolute atomic E-state index is 13.8. The van der Waals surface area contributed by atoms with Gasteiger partial charge in [-0.1, -0.05) is 38.1 Å². The minimum absolute atomic E-state index is 0.173. The van der Waals surface area contributed by atoms with Crippen molar-refractivity contribution in [2.24, 2.45) is 5.41 Å². The molecule has 0 unspecified atom stereocenters. The van der Waals surface area contributed by atoms with Crippen molar-refractivity contribution < 1.29 is 14.3 Å². The topological polar surface area (TPSA) is 99.3 Å². The molecule has 8 heteroatoms. The molecule has 5 rings (SSSR count). The summed E-state index contributed by atoms with van der Waals surface area (Å²) in [6, 6.07) is 7.99. The van der Waals surface area contributed by atoms with Gasteiger partial charge >= 0.3 is 0 Å². The molecule has 0 saturated carbocycles. The van der Waals surface area contributed by atoms with Crippen molar-refractivity contribution in [1.29, 1.82) is 0 Å². The molecule has 0 radical (unpaired) electrons. The number of nitrogens with one attached hydrogen (secondary N) is 3. The molecular weight excluding hydrogens is 394 g/mol. The second-order valence-electron chi connectivity index (χ2n) is 8.85. The highest BCUT2D eigenvalue weighted by atomic mass is 16.5. The Bertz CT molecular complexity index is 1120. The predicted octanol–water partition coefficient (Wildman–Crippen LogP) is 2.36. The van der Waals surface area contributed by atoms with E-state index in [0.29, 0.717) is 12.1 Å². The van der Waals surface area contributed by atoms with Crippen molar-refractivity contribution in [3.8, 4) is 0 Å². The van der Waals surface area contributed by atoms with Crippen LogP contribution in [0.25, 0.3) is 6.08 Å². The number of allylic oxidation sites excluding steroid dienone is 1. The zero-order valence-corrected chi connectivity index (χ0v) is 17.7. The van der Waals surface area contributed by atoms with Crippen molar-refractivity contribution in [2.75, 3.05) is 12.4 Å². The first-order chi connectivity index (χ1) is 14.8. The summed E-state index contributed by atoms with van der Waals surface area (Å²) in [7, 11) is 1.48. The monoisotopic (exact) mass is 419 g/mol. The van der Waals surface area contributed by atoms with E-state index in [1.165, 1.54) is 13.4 Å². The smallest absolute Gasteiger partial charge is 0.278 e. The van der Waals surface area contributed by atoms with Gasteiger partial charge in [-0.05, 0) is 23.1 Å². The minimum atomic E-state index is -1.44. The highest BCUT2D eigenvalue weighted by molar-refractivity contribution is 6.09. The van der Waals surface area contributed by atoms with Gasteiger partial charge in [-0.15, -0.1) is 6.58 Å². The summed E-state index contributed by atoms with van der Waals surface area (Å²) in [5.41, 5.74) is 0.292. The van der Waals surface area contributed by atoms with Crippen LogP contribution < -0.4 is 10.6 Å². The molecule has 3 atom stereocenters. The number of nitrogens with zero attached hydrogens (tertiary/aromatic N) is 2. The summed E-state index contributed by atoms with van der Waals surface area (Å²) in [6.07, 6.45) is 6.41. The van der Waals surface area contributed by atoms with E-state index in [1.807, 2.05) is 24.3 Å². The van der Waals surface area contributed by atoms with Crippen molar-refractivity contribution in [3.05, 3.63) is 66.4 Å². The lowest BCUT2D eigenvalue weighted by molar-refractivity contribution is -0.180. The molecule has 0 bridgehead atoms. The van der Waals surface area contributed by atoms with E-state index in [9.17, 15) is 9.59 Å². The number of aromatic nitrogens is 2. The SMILES string of the molecule is C=CC(C)(C)[C@@]12C[C@]3(OC)C(=O)N/C(=C\c4cnc[nH]4)C(=O)N3[C@@H]1Nc1ccccc12. The number of imidazole rings is 1. The first-order valence-electron chi connectivity index (χ1n) is 10.2. The number of ether oxygens (including phenoxy) is 1. The number of H-pyrrole nitrogens is 1. The third kappa shape index (κ3) is 2.31. The molecule has 0 spiro atoms. The molecule has 1 aromatic carbocycles. The van der Waals surface area contributed by atoms with E-state index in [4.69, 9.17) is 4.74 Å². The maximum atomic E-state index is 13.8. The number of amides is 2. The Morgan fingerprint density at radius 2 is 2.10 bits per heavy atom. The van der Waals surface area contributed by atoms with Crippen LogP contribution in [-0.4, -0.2) is 45.7 Å². The molecule has 0 aliphatic carbocycles. The highest BCUT2D eigenvalue weighted by Gasteiger charge is 2.73. The van der Waals surface area contributed by atoms with Crippen LogP contribution in [0.15, 0.2) is 55.1 Å². The lowest BCUT2D eigenvalue weighted by Gasteiger charge is -2.43. The quantitative estimate of drug-likeness (QED) is 0.522. The van der Waals surface area contributed by atoms with Crippen LogP contribution in [0.3, 0.4) is 0 Å². The first kappa shape index (κ1) is 19.6. The molecule has 31 heavy (non-hydrogen) atoms. The summed E-state index contributed by atoms with van der Waals surface area (Å²) in [6.45, 7) is 8.25. The Morgan fingerprint density at radius 3 is 2.77 bits per heavy atom. The molecule has 3 aliphatic heterocycles. The normalized spacial score (nSPS) is 30.5. The van der Waals surface area contributed by atoms with E-state index in [2.05, 4.69) is 47.1 Å². The number of rotatable bonds is 4. The predicted molar refractivity (Wildman–Crippen MR) is 115 cm³/mol. The Balaban J connectivity index is 1.72. The van der Waals surface area contributed by atoms with Gasteiger partial charge in [0.25, 0.3) is 11.8 Å². The fourth-order valence-corrected chi connectivity index (χ4v) is 5.41. The largest absolute Gasteiger partial charge is 0.364 e. The van der Waals surface area contributed by atoms with Gasteiger partial charge < -0.3 is 20.4 Å². The molecule has 160 valence electrons. The molecule has 4 heterocycles. The van der Waals surface area contributed by atoms with Gasteiger partial charge in [0.2, 0.25) is 5.72 Å². The minimum Gasteiger partial charge on any atom is -0.364 e. The number of para-hydroxylation sites is 1. The van der Waals surface area contributed by atoms with Crippen LogP contribution in [0.4, 0.5) is 5.69 Å². The van der Waals surface area contributed by atoms with Crippen molar-refractivity contribution in [1.82, 2.24) is 20.2 Å². The lowest BCUT2D eigenvalue weighted by Crippen LogP contribution is -2.66. The van der Waals surface area contributed by atoms with Gasteiger partial charge in [0.15, 0.2) is 0 Å². The first-order valence-corrected chi connectivity index (χ1v) is 10.2. The molecule has 2 amide bonds. The maximum Gasteiger partial charge on any atom is 0.278 e. The van der Waals surface area contributed by atoms with Crippen molar-refractivity contribution in [3.63, 3.8) is 0 Å². The van der Waals surface area contributed by atoms with Crippen LogP contribution in [0.2, 0.25) is 0 Å². The second-order valence-corrected chi connectivity index (χ2v) is 8.85. The number of hydrogen-bond acceptors (Lipinski definition) is 5. The standard InChI is InChI=1S/C23H25N5O3/c1-5-21(2,3)22-12-23(31-4)20(30)27-17(10-14-11-24-13-25-14)18(29)28(23)19(22)26-16-9-7-6-8-15(16)22/h5-11,13,19,26H,1,12H2,2-4H3,(H,24,25)(H,27,30)/b17-10-/t19-,22+,23-/m0/s1. The average Bonchev–Trinajstić information content (AvgIpc) is 3.45. The van der Waals surface area contributed by atoms with E-state index >= 15 is 0 Å². The Hall–Kier alpha value is -3.39. The average molecular weight is 419 g/mol. The molecule has 8 nitrogen and oxygen atoms in total. The fraction of sp³-hybridized carbons (Fsp3) is 0.348. The van der Waals surface area contributed by atoms with Gasteiger partial charge in [-0.2, -0.15) is 0 Å². The highest BCUT2D eigenvalue weighted by Crippen LogP contribution is 2.63. The Morgan fingerprint density at radius 1 is 1.32 bits per heavy atom. The van der Waals surface area contributed by atoms with E-state index in [-0.39, 0.29) is 17.5 Å². The number of anilines is 1. The Kier molecular flexibility index (Phi) is 3.98. The number of methoxy groups -OCH3 is 1. The Labute approximate surface area is 180 Å². The van der Waals surface area contributed by atoms with Crippen molar-refractivity contribution in [2.45, 2.75) is 37.6 Å². The number of fused-ring (bicyclic) bond motifs is 5. The number of piperazine rings is 1. The van der Waals surface area contributed by atoms with Crippen molar-refractivity contribution >= 4 is 23.6 Å². The fourth-order valence-electron chi connectivity index (χ4n) is 5.41. The molecule has 2 saturated heterocycles. The van der Waals surface area contributed by atoms with Crippen LogP contribution in [-0.2, 0) is 19.7 Å². The molecule has 2 fully saturated rings. The molecule has 3 aliphatic rings. The van der Waals surface area contributed by atoms with Crippen LogP contribution in [0.5, 0.6) is 0 Å². The summed E-state index contributed by atoms with van der Waals surface area (Å²) >= 11 is 0. The van der Waals surface area contributed by atoms with E-state index < -0.39 is 22.7 Å². The van der Waals surface area contributed by atoms with Crippen LogP contribution in [0, 0.1) is 5.41 Å². The second kappa shape index (κ2) is 6.31. The van der Waals surface area contributed by atoms with Gasteiger partial charge in [0, 0.05) is 24.6 Å². The molecular formula is C23H25N5O3. The van der Waals surface area contributed by atoms with Gasteiger partial charge in [0.1, 0.15) is 11.9 Å². The third-order valence-electron chi connectivity index (χ3n) is 7.20. The summed E-state index contributed by atoms with van der Waals surface area (Å²) < 4.78 is 5.86. The number of benzene rings is 1. The van der Waals surface area contributed by atoms with Gasteiger partial charge in [-0.25, -0.2) is 4.98 Å². The lowest BCUT2D eigenvalue weighted by atomic mass is 9.60. The van der Waals surface area contributed by atoms with Gasteiger partial charge in [0.05, 0.1) is 18.2 Å². The molecule has 2 aromatic rings. The number of carbonyl (C=O) groups is 2. The van der Waals surface area contributed by atoms with Crippen LogP contribution in [0.1, 0.15) is 31.5 Å². The zero-order chi connectivity index (χ0) is 22.0. The van der Waals surface area contributed by atoms with Gasteiger partial charge in [-0.3, -0.25) is 14.5 Å². The number of aromatic amines is 1. The summed E-state index contributed by atoms with van der Waals surface area (Å²) in [4.78, 5) is 35.7.